The van der Waals surface area contributed by atoms with Gasteiger partial charge >= 0.3 is 0 Å². The van der Waals surface area contributed by atoms with Gasteiger partial charge in [0.15, 0.2) is 0 Å². The molecule has 106 valence electrons. The van der Waals surface area contributed by atoms with Crippen LogP contribution in [-0.2, 0) is 17.7 Å². The number of halogens is 1. The van der Waals surface area contributed by atoms with Crippen molar-refractivity contribution in [1.82, 2.24) is 14.9 Å². The summed E-state index contributed by atoms with van der Waals surface area (Å²) in [6, 6.07) is 6.73. The molecule has 2 aromatic rings. The molecule has 0 saturated carbocycles. The minimum absolute atomic E-state index is 0.0544. The molecule has 1 saturated heterocycles. The van der Waals surface area contributed by atoms with E-state index in [2.05, 4.69) is 14.9 Å². The zero-order valence-corrected chi connectivity index (χ0v) is 11.3. The maximum absolute atomic E-state index is 13.2. The Hall–Kier alpha value is -1.72. The fourth-order valence-electron chi connectivity index (χ4n) is 2.48. The minimum atomic E-state index is -0.187. The third kappa shape index (κ3) is 3.05. The Morgan fingerprint density at radius 3 is 3.20 bits per heavy atom. The molecule has 0 bridgehead atoms. The van der Waals surface area contributed by atoms with Crippen LogP contribution in [0.1, 0.15) is 17.4 Å². The molecular weight excluding hydrogens is 257 g/mol. The normalized spacial score (nSPS) is 19.1. The van der Waals surface area contributed by atoms with E-state index in [-0.39, 0.29) is 11.9 Å². The number of nitrogens with zero attached hydrogens (tertiary/aromatic N) is 2. The molecule has 3 rings (SSSR count). The number of rotatable bonds is 4. The second kappa shape index (κ2) is 6.15. The standard InChI is InChI=1S/C15H18FN3O/c16-13-3-1-2-12(8-13)4-6-19-11-18-9-14(19)15-10-17-5-7-20-15/h1-3,8-9,11,15,17H,4-7,10H2. The second-order valence-corrected chi connectivity index (χ2v) is 4.96. The van der Waals surface area contributed by atoms with Crippen LogP contribution in [0.5, 0.6) is 0 Å². The topological polar surface area (TPSA) is 39.1 Å². The van der Waals surface area contributed by atoms with Gasteiger partial charge in [0, 0.05) is 19.6 Å². The Balaban J connectivity index is 1.67. The van der Waals surface area contributed by atoms with Crippen LogP contribution in [0.3, 0.4) is 0 Å². The average Bonchev–Trinajstić information content (AvgIpc) is 2.95. The number of ether oxygens (including phenoxy) is 1. The summed E-state index contributed by atoms with van der Waals surface area (Å²) in [6.45, 7) is 3.21. The Bertz CT molecular complexity index is 564. The Morgan fingerprint density at radius 2 is 2.40 bits per heavy atom. The van der Waals surface area contributed by atoms with E-state index >= 15 is 0 Å². The lowest BCUT2D eigenvalue weighted by molar-refractivity contribution is 0.0228. The first-order chi connectivity index (χ1) is 9.83. The molecule has 0 aliphatic carbocycles. The van der Waals surface area contributed by atoms with E-state index in [1.54, 1.807) is 12.1 Å². The highest BCUT2D eigenvalue weighted by atomic mass is 19.1. The van der Waals surface area contributed by atoms with E-state index in [9.17, 15) is 4.39 Å². The van der Waals surface area contributed by atoms with E-state index in [1.165, 1.54) is 6.07 Å². The molecule has 2 heterocycles. The Labute approximate surface area is 117 Å². The summed E-state index contributed by atoms with van der Waals surface area (Å²) in [5, 5.41) is 3.32. The van der Waals surface area contributed by atoms with Gasteiger partial charge < -0.3 is 14.6 Å². The van der Waals surface area contributed by atoms with Crippen LogP contribution in [0.4, 0.5) is 4.39 Å². The lowest BCUT2D eigenvalue weighted by Gasteiger charge is -2.24. The van der Waals surface area contributed by atoms with Gasteiger partial charge in [0.1, 0.15) is 11.9 Å². The van der Waals surface area contributed by atoms with Crippen LogP contribution in [-0.4, -0.2) is 29.2 Å². The van der Waals surface area contributed by atoms with E-state index in [4.69, 9.17) is 4.74 Å². The molecule has 1 aromatic carbocycles. The van der Waals surface area contributed by atoms with Crippen LogP contribution in [0, 0.1) is 5.82 Å². The summed E-state index contributed by atoms with van der Waals surface area (Å²) in [5.41, 5.74) is 2.07. The van der Waals surface area contributed by atoms with E-state index < -0.39 is 0 Å². The molecule has 1 aromatic heterocycles. The SMILES string of the molecule is Fc1cccc(CCn2cncc2C2CNCCO2)c1. The van der Waals surface area contributed by atoms with Gasteiger partial charge in [-0.05, 0) is 24.1 Å². The van der Waals surface area contributed by atoms with E-state index in [0.29, 0.717) is 0 Å². The molecule has 1 atom stereocenters. The van der Waals surface area contributed by atoms with Crippen molar-refractivity contribution in [2.45, 2.75) is 19.1 Å². The van der Waals surface area contributed by atoms with Crippen molar-refractivity contribution >= 4 is 0 Å². The van der Waals surface area contributed by atoms with Gasteiger partial charge in [0.25, 0.3) is 0 Å². The Morgan fingerprint density at radius 1 is 1.45 bits per heavy atom. The van der Waals surface area contributed by atoms with Crippen molar-refractivity contribution in [2.24, 2.45) is 0 Å². The summed E-state index contributed by atoms with van der Waals surface area (Å²) in [5.74, 6) is -0.187. The van der Waals surface area contributed by atoms with Crippen LogP contribution < -0.4 is 5.32 Å². The maximum Gasteiger partial charge on any atom is 0.123 e. The van der Waals surface area contributed by atoms with Crippen LogP contribution >= 0.6 is 0 Å². The molecule has 1 fully saturated rings. The van der Waals surface area contributed by atoms with Gasteiger partial charge in [-0.3, -0.25) is 0 Å². The predicted octanol–water partition coefficient (Wildman–Crippen LogP) is 1.93. The zero-order chi connectivity index (χ0) is 13.8. The molecule has 1 N–H and O–H groups in total. The number of aromatic nitrogens is 2. The number of imidazole rings is 1. The largest absolute Gasteiger partial charge is 0.369 e. The second-order valence-electron chi connectivity index (χ2n) is 4.96. The van der Waals surface area contributed by atoms with Crippen molar-refractivity contribution in [3.8, 4) is 0 Å². The molecule has 4 nitrogen and oxygen atoms in total. The number of nitrogens with one attached hydrogen (secondary N) is 1. The first-order valence-corrected chi connectivity index (χ1v) is 6.90. The summed E-state index contributed by atoms with van der Waals surface area (Å²) in [7, 11) is 0. The molecule has 1 aliphatic rings. The fourth-order valence-corrected chi connectivity index (χ4v) is 2.48. The third-order valence-corrected chi connectivity index (χ3v) is 3.53. The van der Waals surface area contributed by atoms with Crippen LogP contribution in [0.15, 0.2) is 36.8 Å². The van der Waals surface area contributed by atoms with Gasteiger partial charge in [-0.2, -0.15) is 0 Å². The maximum atomic E-state index is 13.2. The molecule has 5 heteroatoms. The predicted molar refractivity (Wildman–Crippen MR) is 73.9 cm³/mol. The highest BCUT2D eigenvalue weighted by molar-refractivity contribution is 5.16. The van der Waals surface area contributed by atoms with Gasteiger partial charge in [-0.15, -0.1) is 0 Å². The molecule has 0 spiro atoms. The summed E-state index contributed by atoms with van der Waals surface area (Å²) in [4.78, 5) is 4.21. The number of hydrogen-bond donors (Lipinski definition) is 1. The first kappa shape index (κ1) is 13.3. The van der Waals surface area contributed by atoms with E-state index in [1.807, 2.05) is 18.6 Å². The molecule has 20 heavy (non-hydrogen) atoms. The first-order valence-electron chi connectivity index (χ1n) is 6.90. The lowest BCUT2D eigenvalue weighted by Crippen LogP contribution is -2.34. The third-order valence-electron chi connectivity index (χ3n) is 3.53. The molecule has 0 amide bonds. The minimum Gasteiger partial charge on any atom is -0.369 e. The molecule has 1 unspecified atom stereocenters. The molecule has 1 aliphatic heterocycles. The number of aryl methyl sites for hydroxylation is 2. The van der Waals surface area contributed by atoms with E-state index in [0.717, 1.165) is 43.9 Å². The van der Waals surface area contributed by atoms with Gasteiger partial charge in [-0.25, -0.2) is 9.37 Å². The van der Waals surface area contributed by atoms with Crippen molar-refractivity contribution in [3.05, 3.63) is 53.9 Å². The highest BCUT2D eigenvalue weighted by Crippen LogP contribution is 2.18. The average molecular weight is 275 g/mol. The van der Waals surface area contributed by atoms with Gasteiger partial charge in [0.2, 0.25) is 0 Å². The molecular formula is C15H18FN3O. The lowest BCUT2D eigenvalue weighted by atomic mass is 10.1. The van der Waals surface area contributed by atoms with Crippen LogP contribution in [0.2, 0.25) is 0 Å². The monoisotopic (exact) mass is 275 g/mol. The van der Waals surface area contributed by atoms with Crippen molar-refractivity contribution < 1.29 is 9.13 Å². The summed E-state index contributed by atoms with van der Waals surface area (Å²) >= 11 is 0. The quantitative estimate of drug-likeness (QED) is 0.926. The van der Waals surface area contributed by atoms with Crippen molar-refractivity contribution in [1.29, 1.82) is 0 Å². The number of benzene rings is 1. The van der Waals surface area contributed by atoms with Crippen molar-refractivity contribution in [3.63, 3.8) is 0 Å². The summed E-state index contributed by atoms with van der Waals surface area (Å²) in [6.07, 6.45) is 4.50. The van der Waals surface area contributed by atoms with Crippen LogP contribution in [0.25, 0.3) is 0 Å². The number of morpholine rings is 1. The zero-order valence-electron chi connectivity index (χ0n) is 11.3. The fraction of sp³-hybridized carbons (Fsp3) is 0.400. The highest BCUT2D eigenvalue weighted by Gasteiger charge is 2.19. The van der Waals surface area contributed by atoms with Gasteiger partial charge in [0.05, 0.1) is 24.8 Å². The van der Waals surface area contributed by atoms with Crippen molar-refractivity contribution in [2.75, 3.05) is 19.7 Å². The summed E-state index contributed by atoms with van der Waals surface area (Å²) < 4.78 is 21.0. The Kier molecular flexibility index (Phi) is 4.08. The molecule has 0 radical (unpaired) electrons. The smallest absolute Gasteiger partial charge is 0.123 e. The number of hydrogen-bond acceptors (Lipinski definition) is 3. The van der Waals surface area contributed by atoms with Gasteiger partial charge in [-0.1, -0.05) is 12.1 Å².